The van der Waals surface area contributed by atoms with Crippen molar-refractivity contribution in [3.8, 4) is 16.9 Å². The molecule has 0 saturated carbocycles. The number of para-hydroxylation sites is 1. The number of benzene rings is 3. The molecule has 0 fully saturated rings. The zero-order chi connectivity index (χ0) is 19.1. The predicted molar refractivity (Wildman–Crippen MR) is 106 cm³/mol. The van der Waals surface area contributed by atoms with Gasteiger partial charge in [0.1, 0.15) is 17.3 Å². The van der Waals surface area contributed by atoms with Gasteiger partial charge in [-0.05, 0) is 61.4 Å². The zero-order valence-corrected chi connectivity index (χ0v) is 15.1. The number of halogens is 2. The maximum absolute atomic E-state index is 14.6. The zero-order valence-electron chi connectivity index (χ0n) is 15.1. The Hall–Kier alpha value is -3.27. The Morgan fingerprint density at radius 3 is 2.41 bits per heavy atom. The fourth-order valence-electron chi connectivity index (χ4n) is 3.30. The summed E-state index contributed by atoms with van der Waals surface area (Å²) in [5.74, 6) is -0.623. The van der Waals surface area contributed by atoms with Gasteiger partial charge in [0.25, 0.3) is 0 Å². The first kappa shape index (κ1) is 17.2. The normalized spacial score (nSPS) is 11.1. The number of hydrogen-bond acceptors (Lipinski definition) is 1. The molecule has 1 aromatic heterocycles. The van der Waals surface area contributed by atoms with E-state index in [2.05, 4.69) is 6.58 Å². The second-order valence-electron chi connectivity index (χ2n) is 6.68. The van der Waals surface area contributed by atoms with E-state index < -0.39 is 0 Å². The monoisotopic (exact) mass is 360 g/mol. The van der Waals surface area contributed by atoms with E-state index in [1.165, 1.54) is 18.2 Å². The number of fused-ring (bicyclic) bond motifs is 1. The number of nitrogens with zero attached hydrogens (tertiary/aromatic N) is 2. The third-order valence-electron chi connectivity index (χ3n) is 4.68. The topological polar surface area (TPSA) is 17.8 Å². The van der Waals surface area contributed by atoms with Gasteiger partial charge in [-0.15, -0.1) is 0 Å². The molecule has 0 saturated heterocycles. The second kappa shape index (κ2) is 6.47. The van der Waals surface area contributed by atoms with E-state index in [1.807, 2.05) is 31.2 Å². The fraction of sp³-hybridized carbons (Fsp3) is 0.0870. The van der Waals surface area contributed by atoms with Gasteiger partial charge < -0.3 is 0 Å². The van der Waals surface area contributed by atoms with Crippen LogP contribution in [0.25, 0.3) is 33.4 Å². The molecule has 0 radical (unpaired) electrons. The lowest BCUT2D eigenvalue weighted by atomic mass is 10.0. The number of hydrogen-bond donors (Lipinski definition) is 0. The molecule has 27 heavy (non-hydrogen) atoms. The van der Waals surface area contributed by atoms with Crippen molar-refractivity contribution in [2.75, 3.05) is 0 Å². The van der Waals surface area contributed by atoms with Crippen molar-refractivity contribution < 1.29 is 8.78 Å². The molecule has 0 atom stereocenters. The van der Waals surface area contributed by atoms with Crippen molar-refractivity contribution in [3.63, 3.8) is 0 Å². The summed E-state index contributed by atoms with van der Waals surface area (Å²) >= 11 is 0. The number of aromatic nitrogens is 2. The van der Waals surface area contributed by atoms with Gasteiger partial charge in [-0.1, -0.05) is 24.8 Å². The van der Waals surface area contributed by atoms with Crippen LogP contribution in [-0.2, 0) is 0 Å². The van der Waals surface area contributed by atoms with Crippen LogP contribution in [0, 0.1) is 18.6 Å². The van der Waals surface area contributed by atoms with Gasteiger partial charge in [-0.3, -0.25) is 0 Å². The molecule has 134 valence electrons. The molecule has 1 heterocycles. The van der Waals surface area contributed by atoms with E-state index in [0.29, 0.717) is 16.8 Å². The van der Waals surface area contributed by atoms with Gasteiger partial charge in [0.15, 0.2) is 0 Å². The first-order valence-corrected chi connectivity index (χ1v) is 8.66. The summed E-state index contributed by atoms with van der Waals surface area (Å²) in [5.41, 5.74) is 5.15. The molecule has 0 aliphatic rings. The average Bonchev–Trinajstić information content (AvgIpc) is 3.03. The Labute approximate surface area is 156 Å². The lowest BCUT2D eigenvalue weighted by Gasteiger charge is -2.11. The molecule has 0 amide bonds. The molecule has 0 aliphatic carbocycles. The summed E-state index contributed by atoms with van der Waals surface area (Å²) in [4.78, 5) is 0. The van der Waals surface area contributed by atoms with Crippen LogP contribution in [0.4, 0.5) is 8.78 Å². The molecule has 4 aromatic rings. The van der Waals surface area contributed by atoms with E-state index in [4.69, 9.17) is 5.10 Å². The number of aryl methyl sites for hydroxylation is 1. The molecule has 3 aromatic carbocycles. The highest BCUT2D eigenvalue weighted by Gasteiger charge is 2.16. The van der Waals surface area contributed by atoms with Crippen LogP contribution in [-0.4, -0.2) is 9.78 Å². The lowest BCUT2D eigenvalue weighted by Crippen LogP contribution is -2.02. The van der Waals surface area contributed by atoms with Crippen molar-refractivity contribution in [3.05, 3.63) is 90.0 Å². The predicted octanol–water partition coefficient (Wildman–Crippen LogP) is 6.31. The average molecular weight is 360 g/mol. The third-order valence-corrected chi connectivity index (χ3v) is 4.68. The lowest BCUT2D eigenvalue weighted by molar-refractivity contribution is 0.621. The summed E-state index contributed by atoms with van der Waals surface area (Å²) in [5, 5.41) is 5.67. The molecule has 2 nitrogen and oxygen atoms in total. The Bertz CT molecular complexity index is 1170. The molecule has 0 aliphatic heterocycles. The van der Waals surface area contributed by atoms with Gasteiger partial charge in [-0.25, -0.2) is 13.5 Å². The second-order valence-corrected chi connectivity index (χ2v) is 6.68. The van der Waals surface area contributed by atoms with Gasteiger partial charge in [0.05, 0.1) is 11.2 Å². The first-order valence-electron chi connectivity index (χ1n) is 8.66. The highest BCUT2D eigenvalue weighted by molar-refractivity contribution is 5.94. The van der Waals surface area contributed by atoms with E-state index in [0.717, 1.165) is 27.7 Å². The Morgan fingerprint density at radius 1 is 1.00 bits per heavy atom. The number of rotatable bonds is 3. The summed E-state index contributed by atoms with van der Waals surface area (Å²) in [7, 11) is 0. The van der Waals surface area contributed by atoms with Gasteiger partial charge in [0, 0.05) is 22.6 Å². The molecule has 0 unspecified atom stereocenters. The minimum Gasteiger partial charge on any atom is -0.232 e. The van der Waals surface area contributed by atoms with Crippen molar-refractivity contribution in [2.24, 2.45) is 0 Å². The maximum Gasteiger partial charge on any atom is 0.132 e. The molecular formula is C23H18F2N2. The van der Waals surface area contributed by atoms with Gasteiger partial charge in [-0.2, -0.15) is 5.10 Å². The van der Waals surface area contributed by atoms with Crippen LogP contribution >= 0.6 is 0 Å². The number of allylic oxidation sites excluding steroid dienone is 1. The standard InChI is InChI=1S/C23H18F2N2/c1-14(2)19-12-15(3)22(13-20(19)25)27-21-7-5-4-6-18(21)23(26-27)16-8-10-17(24)11-9-16/h4-13H,1H2,2-3H3. The Balaban J connectivity index is 1.97. The SMILES string of the molecule is C=C(C)c1cc(C)c(-n2nc(-c3ccc(F)cc3)c3ccccc32)cc1F. The van der Waals surface area contributed by atoms with Crippen LogP contribution in [0.15, 0.2) is 67.2 Å². The molecule has 0 spiro atoms. The van der Waals surface area contributed by atoms with Crippen LogP contribution in [0.5, 0.6) is 0 Å². The third kappa shape index (κ3) is 2.93. The summed E-state index contributed by atoms with van der Waals surface area (Å²) in [6, 6.07) is 17.3. The van der Waals surface area contributed by atoms with Crippen LogP contribution in [0.2, 0.25) is 0 Å². The summed E-state index contributed by atoms with van der Waals surface area (Å²) in [6.07, 6.45) is 0. The van der Waals surface area contributed by atoms with Gasteiger partial charge in [0.2, 0.25) is 0 Å². The van der Waals surface area contributed by atoms with Crippen LogP contribution < -0.4 is 0 Å². The minimum absolute atomic E-state index is 0.296. The van der Waals surface area contributed by atoms with E-state index in [1.54, 1.807) is 29.8 Å². The molecule has 0 N–H and O–H groups in total. The highest BCUT2D eigenvalue weighted by Crippen LogP contribution is 2.32. The van der Waals surface area contributed by atoms with Crippen molar-refractivity contribution in [1.29, 1.82) is 0 Å². The molecule has 4 heteroatoms. The van der Waals surface area contributed by atoms with Crippen molar-refractivity contribution >= 4 is 16.5 Å². The smallest absolute Gasteiger partial charge is 0.132 e. The quantitative estimate of drug-likeness (QED) is 0.418. The molecule has 0 bridgehead atoms. The fourth-order valence-corrected chi connectivity index (χ4v) is 3.30. The largest absolute Gasteiger partial charge is 0.232 e. The highest BCUT2D eigenvalue weighted by atomic mass is 19.1. The van der Waals surface area contributed by atoms with Crippen LogP contribution in [0.1, 0.15) is 18.1 Å². The molecule has 4 rings (SSSR count). The van der Waals surface area contributed by atoms with Crippen LogP contribution in [0.3, 0.4) is 0 Å². The Kier molecular flexibility index (Phi) is 4.11. The summed E-state index contributed by atoms with van der Waals surface area (Å²) in [6.45, 7) is 7.55. The first-order chi connectivity index (χ1) is 13.0. The maximum atomic E-state index is 14.6. The van der Waals surface area contributed by atoms with E-state index in [-0.39, 0.29) is 11.6 Å². The van der Waals surface area contributed by atoms with E-state index in [9.17, 15) is 8.78 Å². The van der Waals surface area contributed by atoms with Crippen molar-refractivity contribution in [2.45, 2.75) is 13.8 Å². The Morgan fingerprint density at radius 2 is 1.70 bits per heavy atom. The molecular weight excluding hydrogens is 342 g/mol. The van der Waals surface area contributed by atoms with E-state index >= 15 is 0 Å². The van der Waals surface area contributed by atoms with Crippen molar-refractivity contribution in [1.82, 2.24) is 9.78 Å². The summed E-state index contributed by atoms with van der Waals surface area (Å²) < 4.78 is 29.7. The van der Waals surface area contributed by atoms with Gasteiger partial charge >= 0.3 is 0 Å². The minimum atomic E-state index is -0.328.